The molecule has 2 atom stereocenters. The van der Waals surface area contributed by atoms with Crippen LogP contribution in [-0.4, -0.2) is 30.1 Å². The molecular weight excluding hydrogens is 275 g/mol. The summed E-state index contributed by atoms with van der Waals surface area (Å²) in [6.07, 6.45) is 6.43. The van der Waals surface area contributed by atoms with Crippen LogP contribution in [-0.2, 0) is 6.54 Å². The van der Waals surface area contributed by atoms with Gasteiger partial charge >= 0.3 is 0 Å². The van der Waals surface area contributed by atoms with Crippen molar-refractivity contribution >= 4 is 11.6 Å². The fraction of sp³-hybridized carbons (Fsp3) is 0.625. The van der Waals surface area contributed by atoms with Crippen LogP contribution in [0.25, 0.3) is 0 Å². The van der Waals surface area contributed by atoms with Crippen LogP contribution in [0.3, 0.4) is 0 Å². The fourth-order valence-corrected chi connectivity index (χ4v) is 3.78. The first-order valence-electron chi connectivity index (χ1n) is 7.65. The van der Waals surface area contributed by atoms with E-state index in [4.69, 9.17) is 11.6 Å². The van der Waals surface area contributed by atoms with Gasteiger partial charge in [0.25, 0.3) is 0 Å². The Hall–Kier alpha value is -0.640. The number of halogens is 2. The minimum absolute atomic E-state index is 0.232. The Balaban J connectivity index is 1.71. The second-order valence-corrected chi connectivity index (χ2v) is 6.39. The molecule has 110 valence electrons. The molecular formula is C16H22ClFN2. The molecule has 2 nitrogen and oxygen atoms in total. The van der Waals surface area contributed by atoms with Crippen molar-refractivity contribution in [3.63, 3.8) is 0 Å². The number of likely N-dealkylation sites (tertiary alicyclic amines) is 1. The second-order valence-electron chi connectivity index (χ2n) is 5.98. The average Bonchev–Trinajstić information content (AvgIpc) is 2.97. The summed E-state index contributed by atoms with van der Waals surface area (Å²) in [5, 5.41) is 3.87. The number of benzene rings is 1. The Morgan fingerprint density at radius 1 is 1.25 bits per heavy atom. The molecule has 2 aliphatic rings. The molecule has 0 amide bonds. The molecule has 3 rings (SSSR count). The van der Waals surface area contributed by atoms with E-state index in [1.54, 1.807) is 6.07 Å². The molecule has 2 unspecified atom stereocenters. The van der Waals surface area contributed by atoms with Gasteiger partial charge in [-0.25, -0.2) is 4.39 Å². The molecule has 20 heavy (non-hydrogen) atoms. The SMILES string of the molecule is Fc1ccc(CN2CCCCC2C2CCCN2)cc1Cl. The summed E-state index contributed by atoms with van der Waals surface area (Å²) < 4.78 is 13.2. The Morgan fingerprint density at radius 2 is 2.15 bits per heavy atom. The number of hydrogen-bond donors (Lipinski definition) is 1. The third-order valence-electron chi connectivity index (χ3n) is 4.60. The number of piperidine rings is 1. The summed E-state index contributed by atoms with van der Waals surface area (Å²) in [5.41, 5.74) is 1.11. The summed E-state index contributed by atoms with van der Waals surface area (Å²) in [5.74, 6) is -0.330. The first-order valence-corrected chi connectivity index (χ1v) is 8.03. The maximum atomic E-state index is 13.2. The van der Waals surface area contributed by atoms with Gasteiger partial charge in [0.1, 0.15) is 5.82 Å². The lowest BCUT2D eigenvalue weighted by Crippen LogP contribution is -2.49. The standard InChI is InChI=1S/C16H22ClFN2/c17-13-10-12(6-7-14(13)18)11-20-9-2-1-5-16(20)15-4-3-8-19-15/h6-7,10,15-16,19H,1-5,8-9,11H2. The van der Waals surface area contributed by atoms with Crippen molar-refractivity contribution in [2.45, 2.75) is 50.7 Å². The van der Waals surface area contributed by atoms with Crippen molar-refractivity contribution < 1.29 is 4.39 Å². The van der Waals surface area contributed by atoms with Gasteiger partial charge in [-0.1, -0.05) is 24.1 Å². The van der Waals surface area contributed by atoms with E-state index in [-0.39, 0.29) is 10.8 Å². The van der Waals surface area contributed by atoms with Crippen LogP contribution in [0.5, 0.6) is 0 Å². The summed E-state index contributed by atoms with van der Waals surface area (Å²) in [7, 11) is 0. The van der Waals surface area contributed by atoms with Crippen molar-refractivity contribution in [1.29, 1.82) is 0 Å². The lowest BCUT2D eigenvalue weighted by molar-refractivity contribution is 0.112. The van der Waals surface area contributed by atoms with Gasteiger partial charge in [-0.05, 0) is 56.5 Å². The molecule has 2 heterocycles. The highest BCUT2D eigenvalue weighted by atomic mass is 35.5. The van der Waals surface area contributed by atoms with E-state index < -0.39 is 0 Å². The van der Waals surface area contributed by atoms with Crippen molar-refractivity contribution in [2.75, 3.05) is 13.1 Å². The number of rotatable bonds is 3. The molecule has 2 saturated heterocycles. The lowest BCUT2D eigenvalue weighted by Gasteiger charge is -2.39. The maximum absolute atomic E-state index is 13.2. The normalized spacial score (nSPS) is 27.9. The molecule has 2 fully saturated rings. The van der Waals surface area contributed by atoms with Crippen LogP contribution in [0.1, 0.15) is 37.7 Å². The molecule has 2 aliphatic heterocycles. The van der Waals surface area contributed by atoms with Gasteiger partial charge in [0.2, 0.25) is 0 Å². The van der Waals surface area contributed by atoms with Gasteiger partial charge in [-0.3, -0.25) is 4.90 Å². The Bertz CT molecular complexity index is 460. The number of nitrogens with one attached hydrogen (secondary N) is 1. The quantitative estimate of drug-likeness (QED) is 0.917. The zero-order chi connectivity index (χ0) is 13.9. The van der Waals surface area contributed by atoms with E-state index in [1.807, 2.05) is 6.07 Å². The summed E-state index contributed by atoms with van der Waals surface area (Å²) in [6.45, 7) is 3.16. The Kier molecular flexibility index (Phi) is 4.59. The molecule has 0 saturated carbocycles. The van der Waals surface area contributed by atoms with E-state index in [0.717, 1.165) is 25.2 Å². The summed E-state index contributed by atoms with van der Waals surface area (Å²) in [6, 6.07) is 6.35. The molecule has 0 bridgehead atoms. The smallest absolute Gasteiger partial charge is 0.141 e. The van der Waals surface area contributed by atoms with E-state index in [0.29, 0.717) is 12.1 Å². The van der Waals surface area contributed by atoms with Crippen LogP contribution >= 0.6 is 11.6 Å². The number of nitrogens with zero attached hydrogens (tertiary/aromatic N) is 1. The van der Waals surface area contributed by atoms with Gasteiger partial charge in [0.15, 0.2) is 0 Å². The van der Waals surface area contributed by atoms with Gasteiger partial charge < -0.3 is 5.32 Å². The minimum Gasteiger partial charge on any atom is -0.312 e. The predicted molar refractivity (Wildman–Crippen MR) is 80.5 cm³/mol. The summed E-state index contributed by atoms with van der Waals surface area (Å²) >= 11 is 5.89. The highest BCUT2D eigenvalue weighted by molar-refractivity contribution is 6.30. The van der Waals surface area contributed by atoms with Crippen molar-refractivity contribution in [1.82, 2.24) is 10.2 Å². The van der Waals surface area contributed by atoms with Crippen LogP contribution in [0.4, 0.5) is 4.39 Å². The molecule has 0 aliphatic carbocycles. The van der Waals surface area contributed by atoms with E-state index in [2.05, 4.69) is 10.2 Å². The molecule has 1 aromatic rings. The first kappa shape index (κ1) is 14.3. The van der Waals surface area contributed by atoms with E-state index in [1.165, 1.54) is 38.2 Å². The van der Waals surface area contributed by atoms with Gasteiger partial charge in [-0.15, -0.1) is 0 Å². The zero-order valence-electron chi connectivity index (χ0n) is 11.7. The molecule has 0 radical (unpaired) electrons. The fourth-order valence-electron chi connectivity index (χ4n) is 3.58. The third kappa shape index (κ3) is 3.16. The van der Waals surface area contributed by atoms with Crippen LogP contribution in [0.2, 0.25) is 5.02 Å². The van der Waals surface area contributed by atoms with E-state index in [9.17, 15) is 4.39 Å². The van der Waals surface area contributed by atoms with E-state index >= 15 is 0 Å². The monoisotopic (exact) mass is 296 g/mol. The topological polar surface area (TPSA) is 15.3 Å². The molecule has 0 aromatic heterocycles. The second kappa shape index (κ2) is 6.42. The molecule has 1 N–H and O–H groups in total. The van der Waals surface area contributed by atoms with Gasteiger partial charge in [-0.2, -0.15) is 0 Å². The molecule has 0 spiro atoms. The lowest BCUT2D eigenvalue weighted by atomic mass is 9.94. The van der Waals surface area contributed by atoms with Gasteiger partial charge in [0.05, 0.1) is 5.02 Å². The van der Waals surface area contributed by atoms with Crippen molar-refractivity contribution in [3.8, 4) is 0 Å². The third-order valence-corrected chi connectivity index (χ3v) is 4.89. The zero-order valence-corrected chi connectivity index (χ0v) is 12.5. The Morgan fingerprint density at radius 3 is 2.90 bits per heavy atom. The average molecular weight is 297 g/mol. The molecule has 1 aromatic carbocycles. The highest BCUT2D eigenvalue weighted by Gasteiger charge is 2.31. The van der Waals surface area contributed by atoms with Crippen LogP contribution < -0.4 is 5.32 Å². The number of hydrogen-bond acceptors (Lipinski definition) is 2. The van der Waals surface area contributed by atoms with Crippen molar-refractivity contribution in [3.05, 3.63) is 34.6 Å². The van der Waals surface area contributed by atoms with Crippen LogP contribution in [0.15, 0.2) is 18.2 Å². The first-order chi connectivity index (χ1) is 9.74. The minimum atomic E-state index is -0.330. The van der Waals surface area contributed by atoms with Crippen LogP contribution in [0, 0.1) is 5.82 Å². The summed E-state index contributed by atoms with van der Waals surface area (Å²) in [4.78, 5) is 2.55. The maximum Gasteiger partial charge on any atom is 0.141 e. The highest BCUT2D eigenvalue weighted by Crippen LogP contribution is 2.26. The Labute approximate surface area is 125 Å². The van der Waals surface area contributed by atoms with Crippen molar-refractivity contribution in [2.24, 2.45) is 0 Å². The largest absolute Gasteiger partial charge is 0.312 e. The molecule has 4 heteroatoms. The predicted octanol–water partition coefficient (Wildman–Crippen LogP) is 3.59. The van der Waals surface area contributed by atoms with Gasteiger partial charge in [0, 0.05) is 18.6 Å².